The van der Waals surface area contributed by atoms with Crippen molar-refractivity contribution >= 4 is 17.9 Å². The molecule has 0 unspecified atom stereocenters. The molecule has 2 N–H and O–H groups in total. The van der Waals surface area contributed by atoms with Crippen molar-refractivity contribution in [1.29, 1.82) is 0 Å². The van der Waals surface area contributed by atoms with Crippen LogP contribution in [0.5, 0.6) is 5.75 Å². The largest absolute Gasteiger partial charge is 0.508 e. The fourth-order valence-electron chi connectivity index (χ4n) is 2.50. The van der Waals surface area contributed by atoms with E-state index in [4.69, 9.17) is 14.2 Å². The van der Waals surface area contributed by atoms with Gasteiger partial charge in [-0.15, -0.1) is 0 Å². The first-order valence-corrected chi connectivity index (χ1v) is 7.93. The predicted molar refractivity (Wildman–Crippen MR) is 89.7 cm³/mol. The number of nitrogens with one attached hydrogen (secondary N) is 1. The summed E-state index contributed by atoms with van der Waals surface area (Å²) in [5, 5.41) is 12.2. The number of phenols is 1. The smallest absolute Gasteiger partial charge is 0.350 e. The Hall–Kier alpha value is -3.03. The Labute approximate surface area is 150 Å². The van der Waals surface area contributed by atoms with E-state index in [0.717, 1.165) is 5.56 Å². The number of ether oxygens (including phenoxy) is 3. The van der Waals surface area contributed by atoms with Crippen LogP contribution in [-0.2, 0) is 35.0 Å². The number of carbonyl (C=O) groups excluding carboxylic acids is 3. The fraction of sp³-hybridized carbons (Fsp3) is 0.389. The van der Waals surface area contributed by atoms with Gasteiger partial charge in [0.2, 0.25) is 0 Å². The number of carbonyl (C=O) groups is 3. The Bertz CT molecular complexity index is 727. The van der Waals surface area contributed by atoms with Crippen molar-refractivity contribution in [3.05, 3.63) is 41.1 Å². The summed E-state index contributed by atoms with van der Waals surface area (Å²) in [5.41, 5.74) is 0.590. The van der Waals surface area contributed by atoms with E-state index < -0.39 is 29.7 Å². The lowest BCUT2D eigenvalue weighted by Gasteiger charge is -2.31. The normalized spacial score (nSPS) is 17.0. The lowest BCUT2D eigenvalue weighted by atomic mass is 10.0. The maximum atomic E-state index is 12.1. The zero-order valence-corrected chi connectivity index (χ0v) is 15.0. The van der Waals surface area contributed by atoms with Crippen molar-refractivity contribution in [2.24, 2.45) is 0 Å². The van der Waals surface area contributed by atoms with Crippen molar-refractivity contribution in [2.45, 2.75) is 39.0 Å². The van der Waals surface area contributed by atoms with Gasteiger partial charge >= 0.3 is 17.9 Å². The van der Waals surface area contributed by atoms with Gasteiger partial charge in [0, 0.05) is 26.0 Å². The van der Waals surface area contributed by atoms with Gasteiger partial charge in [0.15, 0.2) is 5.57 Å². The first-order chi connectivity index (χ1) is 12.1. The molecule has 2 rings (SSSR count). The van der Waals surface area contributed by atoms with E-state index in [2.05, 4.69) is 5.32 Å². The van der Waals surface area contributed by atoms with Crippen LogP contribution in [-0.4, -0.2) is 42.0 Å². The van der Waals surface area contributed by atoms with Crippen LogP contribution >= 0.6 is 0 Å². The molecule has 0 bridgehead atoms. The second-order valence-electron chi connectivity index (χ2n) is 6.27. The molecular formula is C18H21NO7. The third-order valence-corrected chi connectivity index (χ3v) is 3.71. The van der Waals surface area contributed by atoms with Gasteiger partial charge in [-0.3, -0.25) is 0 Å². The SMILES string of the molecule is COC(=O)[C@H](Cc1ccc(O)cc1)NC(C)=C1C(=O)OC(C)(C)OC1=O. The van der Waals surface area contributed by atoms with E-state index in [1.165, 1.54) is 40.0 Å². The minimum Gasteiger partial charge on any atom is -0.508 e. The van der Waals surface area contributed by atoms with Gasteiger partial charge in [0.1, 0.15) is 11.8 Å². The number of hydrogen-bond donors (Lipinski definition) is 2. The Morgan fingerprint density at radius 2 is 1.73 bits per heavy atom. The van der Waals surface area contributed by atoms with E-state index >= 15 is 0 Å². The van der Waals surface area contributed by atoms with E-state index in [-0.39, 0.29) is 23.4 Å². The second-order valence-corrected chi connectivity index (χ2v) is 6.27. The summed E-state index contributed by atoms with van der Waals surface area (Å²) in [4.78, 5) is 36.3. The van der Waals surface area contributed by atoms with Gasteiger partial charge in [0.25, 0.3) is 5.79 Å². The number of allylic oxidation sites excluding steroid dienone is 1. The molecule has 1 saturated heterocycles. The number of hydrogen-bond acceptors (Lipinski definition) is 8. The monoisotopic (exact) mass is 363 g/mol. The van der Waals surface area contributed by atoms with Gasteiger partial charge in [0.05, 0.1) is 7.11 Å². The molecule has 1 aliphatic heterocycles. The summed E-state index contributed by atoms with van der Waals surface area (Å²) in [6.07, 6.45) is 0.215. The summed E-state index contributed by atoms with van der Waals surface area (Å²) in [5.74, 6) is -3.47. The average molecular weight is 363 g/mol. The molecule has 1 aromatic rings. The molecule has 140 valence electrons. The highest BCUT2D eigenvalue weighted by Gasteiger charge is 2.40. The number of methoxy groups -OCH3 is 1. The Morgan fingerprint density at radius 1 is 1.19 bits per heavy atom. The van der Waals surface area contributed by atoms with E-state index in [1.807, 2.05) is 0 Å². The van der Waals surface area contributed by atoms with Gasteiger partial charge < -0.3 is 24.6 Å². The molecule has 8 nitrogen and oxygen atoms in total. The molecule has 0 spiro atoms. The molecule has 1 aromatic carbocycles. The summed E-state index contributed by atoms with van der Waals surface area (Å²) in [6.45, 7) is 4.37. The van der Waals surface area contributed by atoms with Crippen LogP contribution in [0.15, 0.2) is 35.5 Å². The quantitative estimate of drug-likeness (QED) is 0.456. The maximum absolute atomic E-state index is 12.1. The molecule has 0 amide bonds. The third kappa shape index (κ3) is 4.53. The molecule has 0 aliphatic carbocycles. The van der Waals surface area contributed by atoms with Gasteiger partial charge in [-0.05, 0) is 24.6 Å². The van der Waals surface area contributed by atoms with Crippen LogP contribution in [0.2, 0.25) is 0 Å². The summed E-state index contributed by atoms with van der Waals surface area (Å²) >= 11 is 0. The highest BCUT2D eigenvalue weighted by atomic mass is 16.7. The second kappa shape index (κ2) is 7.47. The molecule has 0 aromatic heterocycles. The van der Waals surface area contributed by atoms with Crippen molar-refractivity contribution in [1.82, 2.24) is 5.32 Å². The van der Waals surface area contributed by atoms with E-state index in [9.17, 15) is 19.5 Å². The molecule has 1 fully saturated rings. The number of rotatable bonds is 5. The Kier molecular flexibility index (Phi) is 5.54. The van der Waals surface area contributed by atoms with E-state index in [1.54, 1.807) is 12.1 Å². The number of aromatic hydroxyl groups is 1. The summed E-state index contributed by atoms with van der Waals surface area (Å²) < 4.78 is 14.9. The first-order valence-electron chi connectivity index (χ1n) is 7.93. The molecule has 8 heteroatoms. The number of esters is 3. The molecule has 1 heterocycles. The minimum absolute atomic E-state index is 0.102. The Morgan fingerprint density at radius 3 is 2.23 bits per heavy atom. The average Bonchev–Trinajstić information content (AvgIpc) is 2.53. The molecule has 26 heavy (non-hydrogen) atoms. The lowest BCUT2D eigenvalue weighted by Crippen LogP contribution is -2.45. The van der Waals surface area contributed by atoms with Gasteiger partial charge in [-0.1, -0.05) is 12.1 Å². The number of cyclic esters (lactones) is 2. The lowest BCUT2D eigenvalue weighted by molar-refractivity contribution is -0.222. The zero-order valence-electron chi connectivity index (χ0n) is 15.0. The molecule has 1 aliphatic rings. The molecule has 0 radical (unpaired) electrons. The van der Waals surface area contributed by atoms with Crippen molar-refractivity contribution in [3.8, 4) is 5.75 Å². The summed E-state index contributed by atoms with van der Waals surface area (Å²) in [7, 11) is 1.24. The molecular weight excluding hydrogens is 342 g/mol. The van der Waals surface area contributed by atoms with Crippen LogP contribution in [0.25, 0.3) is 0 Å². The maximum Gasteiger partial charge on any atom is 0.350 e. The summed E-state index contributed by atoms with van der Waals surface area (Å²) in [6, 6.07) is 5.44. The van der Waals surface area contributed by atoms with E-state index in [0.29, 0.717) is 0 Å². The van der Waals surface area contributed by atoms with Crippen LogP contribution in [0.4, 0.5) is 0 Å². The van der Waals surface area contributed by atoms with Crippen LogP contribution in [0.1, 0.15) is 26.3 Å². The van der Waals surface area contributed by atoms with Gasteiger partial charge in [-0.25, -0.2) is 14.4 Å². The predicted octanol–water partition coefficient (Wildman–Crippen LogP) is 1.18. The van der Waals surface area contributed by atoms with Crippen molar-refractivity contribution in [3.63, 3.8) is 0 Å². The topological polar surface area (TPSA) is 111 Å². The van der Waals surface area contributed by atoms with Crippen LogP contribution < -0.4 is 5.32 Å². The van der Waals surface area contributed by atoms with Crippen LogP contribution in [0, 0.1) is 0 Å². The van der Waals surface area contributed by atoms with Gasteiger partial charge in [-0.2, -0.15) is 0 Å². The highest BCUT2D eigenvalue weighted by Crippen LogP contribution is 2.24. The van der Waals surface area contributed by atoms with Crippen molar-refractivity contribution in [2.75, 3.05) is 7.11 Å². The van der Waals surface area contributed by atoms with Crippen molar-refractivity contribution < 1.29 is 33.7 Å². The highest BCUT2D eigenvalue weighted by molar-refractivity contribution is 6.16. The molecule has 0 saturated carbocycles. The fourth-order valence-corrected chi connectivity index (χ4v) is 2.50. The minimum atomic E-state index is -1.34. The zero-order chi connectivity index (χ0) is 19.5. The third-order valence-electron chi connectivity index (χ3n) is 3.71. The Balaban J connectivity index is 2.24. The number of benzene rings is 1. The number of phenolic OH excluding ortho intramolecular Hbond substituents is 1. The first kappa shape index (κ1) is 19.3. The van der Waals surface area contributed by atoms with Crippen LogP contribution in [0.3, 0.4) is 0 Å². The molecule has 1 atom stereocenters. The standard InChI is InChI=1S/C18H21NO7/c1-10(14-16(22)25-18(2,3)26-17(14)23)19-13(15(21)24-4)9-11-5-7-12(20)8-6-11/h5-8,13,19-20H,9H2,1-4H3/t13-/m0/s1.